The Bertz CT molecular complexity index is 870. The summed E-state index contributed by atoms with van der Waals surface area (Å²) in [7, 11) is 0. The maximum Gasteiger partial charge on any atom is 0.128 e. The Morgan fingerprint density at radius 2 is 1.77 bits per heavy atom. The van der Waals surface area contributed by atoms with Gasteiger partial charge < -0.3 is 20.2 Å². The van der Waals surface area contributed by atoms with Crippen molar-refractivity contribution >= 4 is 18.2 Å². The van der Waals surface area contributed by atoms with Gasteiger partial charge in [0, 0.05) is 44.5 Å². The number of aromatic hydroxyl groups is 1. The first kappa shape index (κ1) is 24.3. The van der Waals surface area contributed by atoms with Crippen LogP contribution in [0.15, 0.2) is 24.4 Å². The van der Waals surface area contributed by atoms with E-state index >= 15 is 0 Å². The number of phenolic OH excluding ortho intramolecular Hbond substituents is 1. The number of aromatic nitrogens is 1. The second-order valence-electron chi connectivity index (χ2n) is 8.53. The van der Waals surface area contributed by atoms with Gasteiger partial charge in [-0.25, -0.2) is 4.98 Å². The molecule has 3 N–H and O–H groups in total. The lowest BCUT2D eigenvalue weighted by Gasteiger charge is -2.43. The van der Waals surface area contributed by atoms with Crippen LogP contribution in [0, 0.1) is 20.8 Å². The van der Waals surface area contributed by atoms with E-state index in [1.807, 2.05) is 32.2 Å². The Morgan fingerprint density at radius 3 is 2.40 bits per heavy atom. The Labute approximate surface area is 185 Å². The Morgan fingerprint density at radius 1 is 1.07 bits per heavy atom. The molecule has 1 atom stereocenters. The van der Waals surface area contributed by atoms with Crippen LogP contribution in [0.5, 0.6) is 11.5 Å². The molecule has 7 heteroatoms. The monoisotopic (exact) mass is 435 g/mol. The van der Waals surface area contributed by atoms with Crippen LogP contribution in [0.25, 0.3) is 0 Å². The van der Waals surface area contributed by atoms with Crippen molar-refractivity contribution in [2.24, 2.45) is 0 Å². The molecule has 1 aromatic heterocycles. The maximum absolute atomic E-state index is 10.4. The van der Waals surface area contributed by atoms with E-state index in [4.69, 9.17) is 4.74 Å². The predicted octanol–water partition coefficient (Wildman–Crippen LogP) is 3.22. The molecule has 1 saturated heterocycles. The fourth-order valence-electron chi connectivity index (χ4n) is 4.55. The Kier molecular flexibility index (Phi) is 7.61. The van der Waals surface area contributed by atoms with E-state index in [-0.39, 0.29) is 23.5 Å². The number of benzene rings is 1. The van der Waals surface area contributed by atoms with Crippen molar-refractivity contribution in [2.45, 2.75) is 46.1 Å². The van der Waals surface area contributed by atoms with Crippen LogP contribution in [0.1, 0.15) is 35.6 Å². The number of anilines is 1. The minimum Gasteiger partial charge on any atom is -0.507 e. The minimum absolute atomic E-state index is 0. The van der Waals surface area contributed by atoms with Crippen molar-refractivity contribution in [3.63, 3.8) is 0 Å². The van der Waals surface area contributed by atoms with Gasteiger partial charge in [-0.05, 0) is 69.4 Å². The Hall–Kier alpha value is -2.02. The zero-order chi connectivity index (χ0) is 19.9. The third-order valence-corrected chi connectivity index (χ3v) is 6.50. The van der Waals surface area contributed by atoms with E-state index in [1.54, 1.807) is 0 Å². The van der Waals surface area contributed by atoms with Crippen LogP contribution >= 0.6 is 12.4 Å². The number of hydrogen-bond donors (Lipinski definition) is 1. The molecule has 2 aliphatic rings. The molecule has 0 aliphatic carbocycles. The summed E-state index contributed by atoms with van der Waals surface area (Å²) in [6.07, 6.45) is 3.80. The molecule has 3 heterocycles. The second kappa shape index (κ2) is 9.41. The third-order valence-electron chi connectivity index (χ3n) is 6.50. The predicted molar refractivity (Wildman–Crippen MR) is 123 cm³/mol. The summed E-state index contributed by atoms with van der Waals surface area (Å²) < 4.78 is 6.60. The minimum atomic E-state index is -0.194. The molecule has 166 valence electrons. The SMILES string of the molecule is Cc1c(C)c2c(c(C)c1O)CCC(C)(CN1CCN(c3ccccn3)CC1)O2.Cl.O. The van der Waals surface area contributed by atoms with Crippen molar-refractivity contribution in [1.82, 2.24) is 9.88 Å². The first-order valence-electron chi connectivity index (χ1n) is 10.3. The van der Waals surface area contributed by atoms with E-state index < -0.39 is 0 Å². The van der Waals surface area contributed by atoms with E-state index in [0.29, 0.717) is 5.75 Å². The fourth-order valence-corrected chi connectivity index (χ4v) is 4.55. The number of ether oxygens (including phenoxy) is 1. The van der Waals surface area contributed by atoms with Gasteiger partial charge in [-0.3, -0.25) is 4.90 Å². The first-order chi connectivity index (χ1) is 13.4. The molecule has 1 unspecified atom stereocenters. The average molecular weight is 436 g/mol. The van der Waals surface area contributed by atoms with Crippen LogP contribution in [0.3, 0.4) is 0 Å². The van der Waals surface area contributed by atoms with Crippen LogP contribution in [0.2, 0.25) is 0 Å². The molecular weight excluding hydrogens is 402 g/mol. The van der Waals surface area contributed by atoms with Gasteiger partial charge >= 0.3 is 0 Å². The van der Waals surface area contributed by atoms with Gasteiger partial charge in [0.05, 0.1) is 0 Å². The third kappa shape index (κ3) is 4.51. The number of piperazine rings is 1. The summed E-state index contributed by atoms with van der Waals surface area (Å²) in [6.45, 7) is 13.2. The van der Waals surface area contributed by atoms with Crippen molar-refractivity contribution in [3.8, 4) is 11.5 Å². The molecule has 6 nitrogen and oxygen atoms in total. The lowest BCUT2D eigenvalue weighted by atomic mass is 9.87. The highest BCUT2D eigenvalue weighted by Crippen LogP contribution is 2.43. The normalized spacial score (nSPS) is 21.1. The fraction of sp³-hybridized carbons (Fsp3) is 0.522. The molecule has 4 rings (SSSR count). The summed E-state index contributed by atoms with van der Waals surface area (Å²) in [5.74, 6) is 2.49. The van der Waals surface area contributed by atoms with Gasteiger partial charge in [0.25, 0.3) is 0 Å². The topological polar surface area (TPSA) is 80.3 Å². The van der Waals surface area contributed by atoms with E-state index in [1.165, 1.54) is 5.56 Å². The summed E-state index contributed by atoms with van der Waals surface area (Å²) in [5.41, 5.74) is 3.97. The van der Waals surface area contributed by atoms with Gasteiger partial charge in [0.1, 0.15) is 22.9 Å². The molecule has 0 spiro atoms. The molecule has 1 fully saturated rings. The zero-order valence-corrected chi connectivity index (χ0v) is 19.2. The van der Waals surface area contributed by atoms with Crippen molar-refractivity contribution in [3.05, 3.63) is 46.6 Å². The van der Waals surface area contributed by atoms with Gasteiger partial charge in [-0.1, -0.05) is 6.07 Å². The number of rotatable bonds is 3. The highest BCUT2D eigenvalue weighted by Gasteiger charge is 2.36. The van der Waals surface area contributed by atoms with E-state index in [9.17, 15) is 5.11 Å². The highest BCUT2D eigenvalue weighted by molar-refractivity contribution is 5.85. The summed E-state index contributed by atoms with van der Waals surface area (Å²) in [6, 6.07) is 6.10. The maximum atomic E-state index is 10.4. The van der Waals surface area contributed by atoms with Gasteiger partial charge in [0.2, 0.25) is 0 Å². The number of hydrogen-bond acceptors (Lipinski definition) is 5. The zero-order valence-electron chi connectivity index (χ0n) is 18.4. The molecule has 30 heavy (non-hydrogen) atoms. The molecule has 1 aromatic carbocycles. The van der Waals surface area contributed by atoms with Crippen LogP contribution in [0.4, 0.5) is 5.82 Å². The van der Waals surface area contributed by atoms with Crippen LogP contribution < -0.4 is 9.64 Å². The number of phenols is 1. The molecule has 0 saturated carbocycles. The quantitative estimate of drug-likeness (QED) is 0.800. The van der Waals surface area contributed by atoms with Gasteiger partial charge in [0.15, 0.2) is 0 Å². The van der Waals surface area contributed by atoms with Crippen molar-refractivity contribution in [1.29, 1.82) is 0 Å². The number of halogens is 1. The molecule has 0 bridgehead atoms. The lowest BCUT2D eigenvalue weighted by molar-refractivity contribution is 0.0226. The number of pyridine rings is 1. The Balaban J connectivity index is 0.00000160. The largest absolute Gasteiger partial charge is 0.507 e. The highest BCUT2D eigenvalue weighted by atomic mass is 35.5. The van der Waals surface area contributed by atoms with Gasteiger partial charge in [-0.15, -0.1) is 12.4 Å². The standard InChI is InChI=1S/C23H31N3O2.ClH.H2O/c1-16-17(2)22-19(18(3)21(16)27)8-9-23(4,28-22)15-25-11-13-26(14-12-25)20-7-5-6-10-24-20;;/h5-7,10,27H,8-9,11-15H2,1-4H3;1H;1H2. The van der Waals surface area contributed by atoms with Gasteiger partial charge in [-0.2, -0.15) is 0 Å². The summed E-state index contributed by atoms with van der Waals surface area (Å²) >= 11 is 0. The molecule has 2 aromatic rings. The van der Waals surface area contributed by atoms with Crippen LogP contribution in [-0.2, 0) is 6.42 Å². The van der Waals surface area contributed by atoms with Crippen molar-refractivity contribution < 1.29 is 15.3 Å². The number of nitrogens with zero attached hydrogens (tertiary/aromatic N) is 3. The van der Waals surface area contributed by atoms with E-state index in [2.05, 4.69) is 34.7 Å². The lowest BCUT2D eigenvalue weighted by Crippen LogP contribution is -2.54. The number of fused-ring (bicyclic) bond motifs is 1. The second-order valence-corrected chi connectivity index (χ2v) is 8.53. The van der Waals surface area contributed by atoms with Crippen LogP contribution in [-0.4, -0.2) is 58.8 Å². The first-order valence-corrected chi connectivity index (χ1v) is 10.3. The molecule has 2 aliphatic heterocycles. The summed E-state index contributed by atoms with van der Waals surface area (Å²) in [4.78, 5) is 9.35. The molecule has 0 amide bonds. The molecular formula is C23H34ClN3O3. The van der Waals surface area contributed by atoms with Crippen molar-refractivity contribution in [2.75, 3.05) is 37.6 Å². The summed E-state index contributed by atoms with van der Waals surface area (Å²) in [5, 5.41) is 10.4. The average Bonchev–Trinajstić information content (AvgIpc) is 2.71. The van der Waals surface area contributed by atoms with E-state index in [0.717, 1.165) is 73.8 Å². The smallest absolute Gasteiger partial charge is 0.128 e. The molecule has 0 radical (unpaired) electrons.